The molecule has 1 atom stereocenters. The summed E-state index contributed by atoms with van der Waals surface area (Å²) in [5.41, 5.74) is 1.51. The molecule has 0 spiro atoms. The van der Waals surface area contributed by atoms with E-state index in [1.807, 2.05) is 20.0 Å². The number of pyridine rings is 1. The van der Waals surface area contributed by atoms with Crippen LogP contribution in [0.1, 0.15) is 44.0 Å². The molecule has 1 rings (SSSR count). The first-order chi connectivity index (χ1) is 8.61. The third kappa shape index (κ3) is 3.45. The summed E-state index contributed by atoms with van der Waals surface area (Å²) < 4.78 is 0. The fourth-order valence-corrected chi connectivity index (χ4v) is 1.64. The Morgan fingerprint density at radius 3 is 2.83 bits per heavy atom. The molecular weight excluding hydrogens is 226 g/mol. The third-order valence-electron chi connectivity index (χ3n) is 3.19. The number of anilines is 1. The van der Waals surface area contributed by atoms with E-state index in [9.17, 15) is 4.79 Å². The number of carbonyl (C=O) groups is 1. The van der Waals surface area contributed by atoms with Gasteiger partial charge in [0.25, 0.3) is 5.91 Å². The molecule has 0 saturated heterocycles. The van der Waals surface area contributed by atoms with Crippen LogP contribution in [0.25, 0.3) is 0 Å². The van der Waals surface area contributed by atoms with E-state index in [1.165, 1.54) is 0 Å². The average Bonchev–Trinajstić information content (AvgIpc) is 2.42. The maximum atomic E-state index is 12.4. The number of amides is 1. The molecule has 0 aliphatic heterocycles. The Labute approximate surface area is 109 Å². The monoisotopic (exact) mass is 249 g/mol. The Bertz CT molecular complexity index is 392. The number of nitrogens with one attached hydrogen (secondary N) is 1. The van der Waals surface area contributed by atoms with Crippen LogP contribution in [0.5, 0.6) is 0 Å². The minimum absolute atomic E-state index is 0.0241. The highest BCUT2D eigenvalue weighted by atomic mass is 16.2. The van der Waals surface area contributed by atoms with Gasteiger partial charge in [-0.1, -0.05) is 13.8 Å². The number of carbonyl (C=O) groups excluding carboxylic acids is 1. The van der Waals surface area contributed by atoms with Gasteiger partial charge in [-0.05, 0) is 25.8 Å². The van der Waals surface area contributed by atoms with Crippen LogP contribution in [-0.4, -0.2) is 35.4 Å². The minimum atomic E-state index is 0.0241. The normalized spacial score (nSPS) is 12.0. The molecule has 18 heavy (non-hydrogen) atoms. The highest BCUT2D eigenvalue weighted by Gasteiger charge is 2.19. The van der Waals surface area contributed by atoms with Crippen molar-refractivity contribution in [1.82, 2.24) is 9.88 Å². The second-order valence-electron chi connectivity index (χ2n) is 4.52. The Hall–Kier alpha value is -1.58. The van der Waals surface area contributed by atoms with Crippen molar-refractivity contribution in [2.75, 3.05) is 18.9 Å². The van der Waals surface area contributed by atoms with Crippen molar-refractivity contribution >= 4 is 11.6 Å². The van der Waals surface area contributed by atoms with Crippen molar-refractivity contribution in [2.45, 2.75) is 39.7 Å². The van der Waals surface area contributed by atoms with E-state index in [1.54, 1.807) is 17.3 Å². The lowest BCUT2D eigenvalue weighted by Gasteiger charge is -2.24. The molecule has 1 heterocycles. The largest absolute Gasteiger partial charge is 0.384 e. The van der Waals surface area contributed by atoms with E-state index in [-0.39, 0.29) is 11.9 Å². The van der Waals surface area contributed by atoms with Crippen LogP contribution < -0.4 is 5.32 Å². The quantitative estimate of drug-likeness (QED) is 0.843. The molecule has 100 valence electrons. The smallest absolute Gasteiger partial charge is 0.257 e. The van der Waals surface area contributed by atoms with Gasteiger partial charge in [0, 0.05) is 32.0 Å². The average molecular weight is 249 g/mol. The molecule has 4 heteroatoms. The van der Waals surface area contributed by atoms with Crippen LogP contribution in [0.4, 0.5) is 5.69 Å². The van der Waals surface area contributed by atoms with Gasteiger partial charge in [-0.15, -0.1) is 0 Å². The molecule has 1 aromatic rings. The maximum absolute atomic E-state index is 12.4. The van der Waals surface area contributed by atoms with Crippen LogP contribution in [-0.2, 0) is 0 Å². The predicted octanol–water partition coefficient (Wildman–Crippen LogP) is 2.77. The summed E-state index contributed by atoms with van der Waals surface area (Å²) in [4.78, 5) is 18.2. The molecule has 0 aromatic carbocycles. The van der Waals surface area contributed by atoms with Crippen molar-refractivity contribution < 1.29 is 4.79 Å². The van der Waals surface area contributed by atoms with Gasteiger partial charge in [0.05, 0.1) is 11.3 Å². The van der Waals surface area contributed by atoms with E-state index in [0.717, 1.165) is 25.1 Å². The molecule has 0 saturated carbocycles. The van der Waals surface area contributed by atoms with Gasteiger partial charge in [-0.3, -0.25) is 9.78 Å². The molecule has 0 radical (unpaired) electrons. The third-order valence-corrected chi connectivity index (χ3v) is 3.19. The lowest BCUT2D eigenvalue weighted by atomic mass is 10.1. The summed E-state index contributed by atoms with van der Waals surface area (Å²) in [5.74, 6) is 0.0241. The first-order valence-corrected chi connectivity index (χ1v) is 6.56. The summed E-state index contributed by atoms with van der Waals surface area (Å²) in [5, 5.41) is 3.27. The van der Waals surface area contributed by atoms with Crippen LogP contribution in [0, 0.1) is 0 Å². The van der Waals surface area contributed by atoms with E-state index in [0.29, 0.717) is 5.56 Å². The number of hydrogen-bond donors (Lipinski definition) is 1. The van der Waals surface area contributed by atoms with E-state index >= 15 is 0 Å². The molecule has 1 unspecified atom stereocenters. The highest BCUT2D eigenvalue weighted by molar-refractivity contribution is 5.99. The minimum Gasteiger partial charge on any atom is -0.384 e. The fourth-order valence-electron chi connectivity index (χ4n) is 1.64. The van der Waals surface area contributed by atoms with E-state index in [4.69, 9.17) is 0 Å². The van der Waals surface area contributed by atoms with Gasteiger partial charge in [-0.25, -0.2) is 0 Å². The van der Waals surface area contributed by atoms with Gasteiger partial charge in [0.1, 0.15) is 0 Å². The number of nitrogens with zero attached hydrogens (tertiary/aromatic N) is 2. The molecule has 1 amide bonds. The molecule has 1 N–H and O–H groups in total. The summed E-state index contributed by atoms with van der Waals surface area (Å²) in [7, 11) is 1.84. The molecule has 0 bridgehead atoms. The highest BCUT2D eigenvalue weighted by Crippen LogP contribution is 2.17. The molecule has 0 aliphatic carbocycles. The van der Waals surface area contributed by atoms with Gasteiger partial charge in [0.15, 0.2) is 0 Å². The van der Waals surface area contributed by atoms with Gasteiger partial charge < -0.3 is 10.2 Å². The Balaban J connectivity index is 2.90. The van der Waals surface area contributed by atoms with Crippen LogP contribution >= 0.6 is 0 Å². The fraction of sp³-hybridized carbons (Fsp3) is 0.571. The van der Waals surface area contributed by atoms with E-state index < -0.39 is 0 Å². The number of aromatic nitrogens is 1. The lowest BCUT2D eigenvalue weighted by molar-refractivity contribution is 0.0741. The lowest BCUT2D eigenvalue weighted by Crippen LogP contribution is -2.35. The zero-order chi connectivity index (χ0) is 13.5. The van der Waals surface area contributed by atoms with Crippen molar-refractivity contribution in [3.05, 3.63) is 24.0 Å². The first-order valence-electron chi connectivity index (χ1n) is 6.56. The van der Waals surface area contributed by atoms with Crippen LogP contribution in [0.15, 0.2) is 18.5 Å². The Kier molecular flexibility index (Phi) is 5.62. The maximum Gasteiger partial charge on any atom is 0.257 e. The van der Waals surface area contributed by atoms with Crippen molar-refractivity contribution in [1.29, 1.82) is 0 Å². The molecule has 4 nitrogen and oxygen atoms in total. The molecule has 1 aromatic heterocycles. The van der Waals surface area contributed by atoms with Gasteiger partial charge in [-0.2, -0.15) is 0 Å². The van der Waals surface area contributed by atoms with E-state index in [2.05, 4.69) is 24.1 Å². The molecular formula is C14H23N3O. The predicted molar refractivity (Wildman–Crippen MR) is 74.9 cm³/mol. The molecule has 0 fully saturated rings. The Morgan fingerprint density at radius 1 is 1.50 bits per heavy atom. The van der Waals surface area contributed by atoms with Gasteiger partial charge >= 0.3 is 0 Å². The van der Waals surface area contributed by atoms with Crippen molar-refractivity contribution in [2.24, 2.45) is 0 Å². The number of hydrogen-bond acceptors (Lipinski definition) is 3. The molecule has 0 aliphatic rings. The summed E-state index contributed by atoms with van der Waals surface area (Å²) in [6.07, 6.45) is 5.31. The van der Waals surface area contributed by atoms with Crippen LogP contribution in [0.3, 0.4) is 0 Å². The summed E-state index contributed by atoms with van der Waals surface area (Å²) >= 11 is 0. The standard InChI is InChI=1S/C14H23N3O/c1-5-8-16-13-7-9-15-10-12(13)14(18)17(4)11(3)6-2/h7,9-11H,5-6,8H2,1-4H3,(H,15,16). The summed E-state index contributed by atoms with van der Waals surface area (Å²) in [6, 6.07) is 2.09. The zero-order valence-electron chi connectivity index (χ0n) is 11.7. The van der Waals surface area contributed by atoms with Gasteiger partial charge in [0.2, 0.25) is 0 Å². The second-order valence-corrected chi connectivity index (χ2v) is 4.52. The SMILES string of the molecule is CCCNc1ccncc1C(=O)N(C)C(C)CC. The zero-order valence-corrected chi connectivity index (χ0v) is 11.7. The van der Waals surface area contributed by atoms with Crippen molar-refractivity contribution in [3.8, 4) is 0 Å². The van der Waals surface area contributed by atoms with Crippen molar-refractivity contribution in [3.63, 3.8) is 0 Å². The topological polar surface area (TPSA) is 45.2 Å². The Morgan fingerprint density at radius 2 is 2.22 bits per heavy atom. The number of rotatable bonds is 6. The summed E-state index contributed by atoms with van der Waals surface area (Å²) in [6.45, 7) is 7.08. The first kappa shape index (κ1) is 14.5. The van der Waals surface area contributed by atoms with Crippen LogP contribution in [0.2, 0.25) is 0 Å². The second kappa shape index (κ2) is 6.99.